The number of aliphatic carboxylic acids is 1. The smallest absolute Gasteiger partial charge is 0.419 e. The Kier molecular flexibility index (Phi) is 8.87. The minimum Gasteiger partial charge on any atom is -0.480 e. The molecule has 2 heterocycles. The van der Waals surface area contributed by atoms with Gasteiger partial charge in [0.05, 0.1) is 10.5 Å². The van der Waals surface area contributed by atoms with E-state index in [1.165, 1.54) is 22.3 Å². The van der Waals surface area contributed by atoms with Gasteiger partial charge in [-0.05, 0) is 47.2 Å². The molecule has 0 saturated carbocycles. The molecule has 1 aliphatic heterocycles. The number of nitrogens with two attached hydrogens (primary N) is 1. The van der Waals surface area contributed by atoms with Crippen LogP contribution in [0.1, 0.15) is 23.3 Å². The van der Waals surface area contributed by atoms with E-state index in [1.54, 1.807) is 17.5 Å². The molecular formula is C22H19F4N3O4S3. The molecule has 2 aromatic rings. The van der Waals surface area contributed by atoms with Gasteiger partial charge in [0.15, 0.2) is 0 Å². The van der Waals surface area contributed by atoms with Crippen molar-refractivity contribution in [2.24, 2.45) is 5.73 Å². The van der Waals surface area contributed by atoms with Crippen molar-refractivity contribution < 1.29 is 37.1 Å². The monoisotopic (exact) mass is 561 g/mol. The number of halogens is 4. The zero-order valence-electron chi connectivity index (χ0n) is 18.3. The van der Waals surface area contributed by atoms with Gasteiger partial charge in [-0.1, -0.05) is 30.0 Å². The van der Waals surface area contributed by atoms with Crippen LogP contribution in [0.5, 0.6) is 0 Å². The summed E-state index contributed by atoms with van der Waals surface area (Å²) < 4.78 is 52.9. The van der Waals surface area contributed by atoms with Crippen LogP contribution in [-0.2, 0) is 20.6 Å². The van der Waals surface area contributed by atoms with E-state index in [1.807, 2.05) is 0 Å². The molecule has 4 N–H and O–H groups in total. The Morgan fingerprint density at radius 2 is 1.97 bits per heavy atom. The van der Waals surface area contributed by atoms with Crippen molar-refractivity contribution in [3.05, 3.63) is 50.8 Å². The Hall–Kier alpha value is -2.81. The number of nitrogens with one attached hydrogen (secondary N) is 1. The number of nitrogens with zero attached hydrogens (tertiary/aromatic N) is 1. The number of hydrogen-bond donors (Lipinski definition) is 3. The second-order valence-electron chi connectivity index (χ2n) is 7.60. The molecule has 7 nitrogen and oxygen atoms in total. The average Bonchev–Trinajstić information content (AvgIpc) is 3.36. The second kappa shape index (κ2) is 11.5. The Bertz CT molecular complexity index is 1230. The number of hydrogen-bond acceptors (Lipinski definition) is 7. The number of rotatable bonds is 9. The molecule has 1 fully saturated rings. The van der Waals surface area contributed by atoms with Crippen LogP contribution in [0.4, 0.5) is 17.6 Å². The first kappa shape index (κ1) is 27.8. The fourth-order valence-electron chi connectivity index (χ4n) is 3.12. The molecule has 0 spiro atoms. The average molecular weight is 562 g/mol. The predicted molar refractivity (Wildman–Crippen MR) is 132 cm³/mol. The molecular weight excluding hydrogens is 542 g/mol. The fourth-order valence-corrected chi connectivity index (χ4v) is 5.34. The van der Waals surface area contributed by atoms with E-state index in [2.05, 4.69) is 5.32 Å². The number of carboxylic acid groups (broad SMARTS) is 1. The molecule has 1 aliphatic rings. The lowest BCUT2D eigenvalue weighted by atomic mass is 10.0. The minimum absolute atomic E-state index is 0.0182. The number of carboxylic acids is 1. The Balaban J connectivity index is 1.62. The highest BCUT2D eigenvalue weighted by molar-refractivity contribution is 8.26. The summed E-state index contributed by atoms with van der Waals surface area (Å²) in [4.78, 5) is 37.6. The molecule has 36 heavy (non-hydrogen) atoms. The highest BCUT2D eigenvalue weighted by atomic mass is 32.2. The second-order valence-corrected chi connectivity index (χ2v) is 10.2. The van der Waals surface area contributed by atoms with Crippen LogP contribution >= 0.6 is 35.3 Å². The quantitative estimate of drug-likeness (QED) is 0.240. The van der Waals surface area contributed by atoms with Gasteiger partial charge >= 0.3 is 12.1 Å². The molecule has 1 atom stereocenters. The maximum absolute atomic E-state index is 13.6. The van der Waals surface area contributed by atoms with E-state index < -0.39 is 41.4 Å². The Morgan fingerprint density at radius 3 is 2.64 bits per heavy atom. The molecule has 192 valence electrons. The van der Waals surface area contributed by atoms with Crippen molar-refractivity contribution in [1.29, 1.82) is 0 Å². The third-order valence-electron chi connectivity index (χ3n) is 5.03. The highest BCUT2D eigenvalue weighted by Gasteiger charge is 2.34. The summed E-state index contributed by atoms with van der Waals surface area (Å²) in [6.07, 6.45) is -3.27. The van der Waals surface area contributed by atoms with Crippen LogP contribution in [-0.4, -0.2) is 51.2 Å². The summed E-state index contributed by atoms with van der Waals surface area (Å²) in [7, 11) is 0. The Labute approximate surface area is 216 Å². The summed E-state index contributed by atoms with van der Waals surface area (Å²) in [5.41, 5.74) is 4.63. The first-order valence-electron chi connectivity index (χ1n) is 10.3. The standard InChI is InChI=1S/C22H19F4N3O4S3/c23-15-2-1-11(8-14(15)22(24,25)26)12-7-13(35-10-12)9-17-19(31)29(21(34)36-17)6-4-18(30)28-5-3-16(27)20(32)33/h1-2,7-10,16H,3-6,27H2,(H,28,30)(H,32,33)/b17-9-/t16-/m0/s1. The summed E-state index contributed by atoms with van der Waals surface area (Å²) in [6, 6.07) is 3.24. The molecule has 0 radical (unpaired) electrons. The summed E-state index contributed by atoms with van der Waals surface area (Å²) in [5.74, 6) is -3.34. The molecule has 3 rings (SSSR count). The largest absolute Gasteiger partial charge is 0.480 e. The molecule has 0 aliphatic carbocycles. The number of benzene rings is 1. The summed E-state index contributed by atoms with van der Waals surface area (Å²) in [6.45, 7) is 0.0914. The lowest BCUT2D eigenvalue weighted by molar-refractivity contribution is -0.140. The minimum atomic E-state index is -4.82. The SMILES string of the molecule is N[C@@H](CCNC(=O)CCN1C(=O)/C(=C/c2cc(-c3ccc(F)c(C(F)(F)F)c3)cs2)SC1=S)C(=O)O. The summed E-state index contributed by atoms with van der Waals surface area (Å²) in [5, 5.41) is 12.9. The molecule has 1 saturated heterocycles. The van der Waals surface area contributed by atoms with Crippen molar-refractivity contribution in [1.82, 2.24) is 10.2 Å². The van der Waals surface area contributed by atoms with Gasteiger partial charge in [0.1, 0.15) is 16.2 Å². The van der Waals surface area contributed by atoms with E-state index in [4.69, 9.17) is 23.1 Å². The predicted octanol–water partition coefficient (Wildman–Crippen LogP) is 4.08. The van der Waals surface area contributed by atoms with E-state index in [9.17, 15) is 31.9 Å². The van der Waals surface area contributed by atoms with E-state index in [0.29, 0.717) is 10.4 Å². The lowest BCUT2D eigenvalue weighted by Gasteiger charge is -2.14. The summed E-state index contributed by atoms with van der Waals surface area (Å²) >= 11 is 7.45. The van der Waals surface area contributed by atoms with Crippen LogP contribution < -0.4 is 11.1 Å². The molecule has 2 amide bonds. The fraction of sp³-hybridized carbons (Fsp3) is 0.273. The number of thiophene rings is 1. The first-order chi connectivity index (χ1) is 16.9. The maximum Gasteiger partial charge on any atom is 0.419 e. The van der Waals surface area contributed by atoms with Crippen molar-refractivity contribution >= 4 is 63.5 Å². The van der Waals surface area contributed by atoms with Gasteiger partial charge in [0, 0.05) is 24.4 Å². The number of thioether (sulfide) groups is 1. The van der Waals surface area contributed by atoms with Gasteiger partial charge in [0.25, 0.3) is 5.91 Å². The van der Waals surface area contributed by atoms with Crippen LogP contribution in [0.25, 0.3) is 17.2 Å². The van der Waals surface area contributed by atoms with E-state index in [0.717, 1.165) is 23.9 Å². The number of amides is 2. The van der Waals surface area contributed by atoms with E-state index in [-0.39, 0.29) is 40.7 Å². The maximum atomic E-state index is 13.6. The van der Waals surface area contributed by atoms with Crippen molar-refractivity contribution in [2.75, 3.05) is 13.1 Å². The number of carbonyl (C=O) groups is 3. The first-order valence-corrected chi connectivity index (χ1v) is 12.4. The van der Waals surface area contributed by atoms with Crippen LogP contribution in [0.2, 0.25) is 0 Å². The van der Waals surface area contributed by atoms with E-state index >= 15 is 0 Å². The zero-order valence-corrected chi connectivity index (χ0v) is 20.8. The van der Waals surface area contributed by atoms with Gasteiger partial charge in [0.2, 0.25) is 5.91 Å². The normalized spacial score (nSPS) is 16.0. The zero-order chi connectivity index (χ0) is 26.6. The topological polar surface area (TPSA) is 113 Å². The van der Waals surface area contributed by atoms with Gasteiger partial charge < -0.3 is 16.2 Å². The van der Waals surface area contributed by atoms with Crippen LogP contribution in [0.3, 0.4) is 0 Å². The van der Waals surface area contributed by atoms with Gasteiger partial charge in [-0.25, -0.2) is 4.39 Å². The van der Waals surface area contributed by atoms with Gasteiger partial charge in [-0.3, -0.25) is 19.3 Å². The number of carbonyl (C=O) groups excluding carboxylic acids is 2. The number of thiocarbonyl (C=S) groups is 1. The molecule has 1 aromatic carbocycles. The van der Waals surface area contributed by atoms with Gasteiger partial charge in [-0.2, -0.15) is 13.2 Å². The molecule has 0 unspecified atom stereocenters. The molecule has 0 bridgehead atoms. The van der Waals surface area contributed by atoms with Crippen LogP contribution in [0.15, 0.2) is 34.6 Å². The third-order valence-corrected chi connectivity index (χ3v) is 7.29. The number of alkyl halides is 3. The van der Waals surface area contributed by atoms with Gasteiger partial charge in [-0.15, -0.1) is 11.3 Å². The van der Waals surface area contributed by atoms with Crippen molar-refractivity contribution in [3.63, 3.8) is 0 Å². The Morgan fingerprint density at radius 1 is 1.25 bits per heavy atom. The lowest BCUT2D eigenvalue weighted by Crippen LogP contribution is -2.37. The highest BCUT2D eigenvalue weighted by Crippen LogP contribution is 2.37. The van der Waals surface area contributed by atoms with Crippen molar-refractivity contribution in [2.45, 2.75) is 25.1 Å². The molecule has 1 aromatic heterocycles. The third kappa shape index (κ3) is 6.90. The molecule has 14 heteroatoms. The van der Waals surface area contributed by atoms with Crippen molar-refractivity contribution in [3.8, 4) is 11.1 Å². The van der Waals surface area contributed by atoms with Crippen LogP contribution in [0, 0.1) is 5.82 Å².